The van der Waals surface area contributed by atoms with Gasteiger partial charge in [0.2, 0.25) is 0 Å². The molecular formula is C24H26N4O2S. The monoisotopic (exact) mass is 434 g/mol. The van der Waals surface area contributed by atoms with Crippen LogP contribution in [-0.2, 0) is 35.8 Å². The Hall–Kier alpha value is -2.95. The van der Waals surface area contributed by atoms with Crippen molar-refractivity contribution in [2.45, 2.75) is 32.0 Å². The first kappa shape index (κ1) is 21.3. The van der Waals surface area contributed by atoms with Crippen LogP contribution in [0.25, 0.3) is 0 Å². The average Bonchev–Trinajstić information content (AvgIpc) is 3.19. The molecule has 0 saturated carbocycles. The zero-order chi connectivity index (χ0) is 21.8. The van der Waals surface area contributed by atoms with Gasteiger partial charge in [0.25, 0.3) is 0 Å². The van der Waals surface area contributed by atoms with Gasteiger partial charge in [-0.05, 0) is 35.2 Å². The Balaban J connectivity index is 1.47. The van der Waals surface area contributed by atoms with Crippen LogP contribution >= 0.6 is 0 Å². The van der Waals surface area contributed by atoms with Crippen molar-refractivity contribution in [3.63, 3.8) is 0 Å². The molecule has 2 heterocycles. The zero-order valence-electron chi connectivity index (χ0n) is 17.6. The minimum absolute atomic E-state index is 0.165. The fourth-order valence-corrected chi connectivity index (χ4v) is 4.69. The largest absolute Gasteiger partial charge is 0.333 e. The minimum Gasteiger partial charge on any atom is -0.333 e. The third-order valence-electron chi connectivity index (χ3n) is 5.79. The first-order chi connectivity index (χ1) is 14.9. The summed E-state index contributed by atoms with van der Waals surface area (Å²) in [5.74, 6) is 0.165. The van der Waals surface area contributed by atoms with E-state index in [0.29, 0.717) is 18.7 Å². The first-order valence-corrected chi connectivity index (χ1v) is 12.4. The second-order valence-corrected chi connectivity index (χ2v) is 10.5. The van der Waals surface area contributed by atoms with Gasteiger partial charge in [-0.3, -0.25) is 4.90 Å². The molecule has 160 valence electrons. The van der Waals surface area contributed by atoms with E-state index >= 15 is 0 Å². The van der Waals surface area contributed by atoms with Gasteiger partial charge in [-0.1, -0.05) is 36.4 Å². The summed E-state index contributed by atoms with van der Waals surface area (Å²) < 4.78 is 25.5. The smallest absolute Gasteiger partial charge is 0.148 e. The lowest BCUT2D eigenvalue weighted by Crippen LogP contribution is -2.44. The Kier molecular flexibility index (Phi) is 6.21. The molecule has 3 aromatic rings. The summed E-state index contributed by atoms with van der Waals surface area (Å²) in [6.45, 7) is 2.00. The Morgan fingerprint density at radius 1 is 1.13 bits per heavy atom. The third-order valence-corrected chi connectivity index (χ3v) is 6.72. The van der Waals surface area contributed by atoms with Gasteiger partial charge in [-0.25, -0.2) is 13.4 Å². The lowest BCUT2D eigenvalue weighted by molar-refractivity contribution is 0.180. The summed E-state index contributed by atoms with van der Waals surface area (Å²) in [7, 11) is -3.01. The Morgan fingerprint density at radius 3 is 2.58 bits per heavy atom. The number of aromatic nitrogens is 2. The predicted molar refractivity (Wildman–Crippen MR) is 120 cm³/mol. The Morgan fingerprint density at radius 2 is 1.87 bits per heavy atom. The van der Waals surface area contributed by atoms with Crippen molar-refractivity contribution in [2.75, 3.05) is 18.6 Å². The molecule has 1 unspecified atom stereocenters. The molecule has 1 atom stereocenters. The zero-order valence-corrected chi connectivity index (χ0v) is 18.4. The summed E-state index contributed by atoms with van der Waals surface area (Å²) >= 11 is 0. The van der Waals surface area contributed by atoms with Crippen LogP contribution in [0.1, 0.15) is 27.9 Å². The van der Waals surface area contributed by atoms with Crippen LogP contribution in [-0.4, -0.2) is 47.5 Å². The third kappa shape index (κ3) is 5.60. The predicted octanol–water partition coefficient (Wildman–Crippen LogP) is 2.82. The number of sulfone groups is 1. The van der Waals surface area contributed by atoms with Crippen LogP contribution in [0.4, 0.5) is 0 Å². The van der Waals surface area contributed by atoms with Gasteiger partial charge in [0, 0.05) is 44.5 Å². The van der Waals surface area contributed by atoms with Crippen LogP contribution < -0.4 is 0 Å². The number of rotatable bonds is 7. The standard InChI is InChI=1S/C24H26N4O2S/c1-31(29,30)11-10-28-16-22-5-3-2-4-21(22)12-24(28)13-23-17-27(18-26-23)15-20-8-6-19(14-25)7-9-20/h2-9,17-18,24H,10-13,15-16H2,1H3. The number of nitrogens with zero attached hydrogens (tertiary/aromatic N) is 4. The van der Waals surface area contributed by atoms with E-state index < -0.39 is 9.84 Å². The molecule has 0 saturated heterocycles. The molecule has 1 aliphatic heterocycles. The number of hydrogen-bond donors (Lipinski definition) is 0. The summed E-state index contributed by atoms with van der Waals surface area (Å²) in [5, 5.41) is 8.94. The molecule has 1 aromatic heterocycles. The number of benzene rings is 2. The molecule has 31 heavy (non-hydrogen) atoms. The molecule has 2 aromatic carbocycles. The van der Waals surface area contributed by atoms with Crippen LogP contribution in [0.5, 0.6) is 0 Å². The SMILES string of the molecule is CS(=O)(=O)CCN1Cc2ccccc2CC1Cc1cn(Cc2ccc(C#N)cc2)cn1. The van der Waals surface area contributed by atoms with Crippen molar-refractivity contribution in [2.24, 2.45) is 0 Å². The Labute approximate surface area is 183 Å². The minimum atomic E-state index is -3.01. The molecular weight excluding hydrogens is 408 g/mol. The normalized spacial score (nSPS) is 16.6. The highest BCUT2D eigenvalue weighted by molar-refractivity contribution is 7.90. The van der Waals surface area contributed by atoms with Crippen LogP contribution in [0.15, 0.2) is 61.1 Å². The van der Waals surface area contributed by atoms with Crippen molar-refractivity contribution in [3.05, 3.63) is 89.0 Å². The van der Waals surface area contributed by atoms with E-state index in [4.69, 9.17) is 5.26 Å². The molecule has 7 heteroatoms. The lowest BCUT2D eigenvalue weighted by atomic mass is 9.91. The maximum atomic E-state index is 11.7. The van der Waals surface area contributed by atoms with Gasteiger partial charge in [0.05, 0.1) is 29.4 Å². The Bertz CT molecular complexity index is 1190. The number of fused-ring (bicyclic) bond motifs is 1. The quantitative estimate of drug-likeness (QED) is 0.571. The van der Waals surface area contributed by atoms with Crippen molar-refractivity contribution in [1.82, 2.24) is 14.5 Å². The van der Waals surface area contributed by atoms with Crippen molar-refractivity contribution in [3.8, 4) is 6.07 Å². The molecule has 1 aliphatic rings. The first-order valence-electron chi connectivity index (χ1n) is 10.4. The maximum Gasteiger partial charge on any atom is 0.148 e. The molecule has 0 radical (unpaired) electrons. The lowest BCUT2D eigenvalue weighted by Gasteiger charge is -2.36. The summed E-state index contributed by atoms with van der Waals surface area (Å²) in [5.41, 5.74) is 5.38. The molecule has 0 N–H and O–H groups in total. The van der Waals surface area contributed by atoms with E-state index in [2.05, 4.69) is 40.3 Å². The number of hydrogen-bond acceptors (Lipinski definition) is 5. The molecule has 0 fully saturated rings. The van der Waals surface area contributed by atoms with Crippen molar-refractivity contribution < 1.29 is 8.42 Å². The molecule has 6 nitrogen and oxygen atoms in total. The van der Waals surface area contributed by atoms with Gasteiger partial charge < -0.3 is 4.57 Å². The molecule has 4 rings (SSSR count). The van der Waals surface area contributed by atoms with Gasteiger partial charge in [-0.2, -0.15) is 5.26 Å². The van der Waals surface area contributed by atoms with E-state index in [-0.39, 0.29) is 11.8 Å². The topological polar surface area (TPSA) is 79.0 Å². The molecule has 0 bridgehead atoms. The average molecular weight is 435 g/mol. The van der Waals surface area contributed by atoms with Gasteiger partial charge in [0.1, 0.15) is 9.84 Å². The second kappa shape index (κ2) is 9.04. The molecule has 0 amide bonds. The van der Waals surface area contributed by atoms with Crippen molar-refractivity contribution >= 4 is 9.84 Å². The fourth-order valence-electron chi connectivity index (χ4n) is 4.12. The molecule has 0 spiro atoms. The van der Waals surface area contributed by atoms with Gasteiger partial charge >= 0.3 is 0 Å². The molecule has 0 aliphatic carbocycles. The van der Waals surface area contributed by atoms with Gasteiger partial charge in [-0.15, -0.1) is 0 Å². The second-order valence-electron chi connectivity index (χ2n) is 8.28. The highest BCUT2D eigenvalue weighted by Crippen LogP contribution is 2.25. The number of nitriles is 1. The highest BCUT2D eigenvalue weighted by Gasteiger charge is 2.27. The van der Waals surface area contributed by atoms with E-state index in [9.17, 15) is 8.42 Å². The van der Waals surface area contributed by atoms with E-state index in [1.807, 2.05) is 41.2 Å². The highest BCUT2D eigenvalue weighted by atomic mass is 32.2. The fraction of sp³-hybridized carbons (Fsp3) is 0.333. The summed E-state index contributed by atoms with van der Waals surface area (Å²) in [6, 6.07) is 18.3. The van der Waals surface area contributed by atoms with E-state index in [0.717, 1.165) is 30.6 Å². The van der Waals surface area contributed by atoms with Crippen LogP contribution in [0, 0.1) is 11.3 Å². The summed E-state index contributed by atoms with van der Waals surface area (Å²) in [6.07, 6.45) is 6.87. The summed E-state index contributed by atoms with van der Waals surface area (Å²) in [4.78, 5) is 6.89. The van der Waals surface area contributed by atoms with Crippen LogP contribution in [0.2, 0.25) is 0 Å². The number of imidazole rings is 1. The van der Waals surface area contributed by atoms with Crippen LogP contribution in [0.3, 0.4) is 0 Å². The van der Waals surface area contributed by atoms with E-state index in [1.54, 1.807) is 0 Å². The van der Waals surface area contributed by atoms with Crippen molar-refractivity contribution in [1.29, 1.82) is 5.26 Å². The van der Waals surface area contributed by atoms with Gasteiger partial charge in [0.15, 0.2) is 0 Å². The van der Waals surface area contributed by atoms with E-state index in [1.165, 1.54) is 17.4 Å². The maximum absolute atomic E-state index is 11.7.